The SMILES string of the molecule is CN(OC1CCOCC1)C(=O)[C@@H]1C=C2c3cccc4[nH]cc(c34)C[C@H]2[NH2+]C1. The topological polar surface area (TPSA) is 71.2 Å². The maximum Gasteiger partial charge on any atom is 0.258 e. The van der Waals surface area contributed by atoms with Crippen molar-refractivity contribution in [2.75, 3.05) is 26.8 Å². The highest BCUT2D eigenvalue weighted by atomic mass is 16.7. The van der Waals surface area contributed by atoms with E-state index in [1.54, 1.807) is 7.05 Å². The van der Waals surface area contributed by atoms with Crippen molar-refractivity contribution in [1.29, 1.82) is 0 Å². The molecule has 0 bridgehead atoms. The zero-order valence-electron chi connectivity index (χ0n) is 15.6. The van der Waals surface area contributed by atoms with E-state index in [0.29, 0.717) is 19.3 Å². The summed E-state index contributed by atoms with van der Waals surface area (Å²) in [5.74, 6) is -0.118. The summed E-state index contributed by atoms with van der Waals surface area (Å²) in [7, 11) is 1.74. The van der Waals surface area contributed by atoms with Crippen LogP contribution in [0.15, 0.2) is 30.5 Å². The molecule has 2 aliphatic heterocycles. The molecule has 0 radical (unpaired) electrons. The Kier molecular flexibility index (Phi) is 4.27. The van der Waals surface area contributed by atoms with E-state index in [9.17, 15) is 4.79 Å². The minimum absolute atomic E-state index is 0.0377. The summed E-state index contributed by atoms with van der Waals surface area (Å²) in [5, 5.41) is 5.08. The van der Waals surface area contributed by atoms with E-state index < -0.39 is 0 Å². The Labute approximate surface area is 158 Å². The van der Waals surface area contributed by atoms with Gasteiger partial charge in [-0.3, -0.25) is 9.63 Å². The van der Waals surface area contributed by atoms with Gasteiger partial charge < -0.3 is 15.0 Å². The van der Waals surface area contributed by atoms with Crippen LogP contribution >= 0.6 is 0 Å². The molecule has 1 saturated heterocycles. The molecule has 1 fully saturated rings. The zero-order chi connectivity index (χ0) is 18.4. The number of H-pyrrole nitrogens is 1. The molecule has 0 spiro atoms. The minimum Gasteiger partial charge on any atom is -0.381 e. The van der Waals surface area contributed by atoms with Crippen molar-refractivity contribution in [2.45, 2.75) is 31.4 Å². The van der Waals surface area contributed by atoms with Gasteiger partial charge in [0, 0.05) is 49.4 Å². The molecule has 2 atom stereocenters. The number of nitrogens with zero attached hydrogens (tertiary/aromatic N) is 1. The molecule has 6 heteroatoms. The van der Waals surface area contributed by atoms with Crippen molar-refractivity contribution in [2.24, 2.45) is 5.92 Å². The average Bonchev–Trinajstić information content (AvgIpc) is 3.12. The lowest BCUT2D eigenvalue weighted by Gasteiger charge is -2.33. The quantitative estimate of drug-likeness (QED) is 0.801. The molecule has 3 N–H and O–H groups in total. The van der Waals surface area contributed by atoms with Crippen molar-refractivity contribution in [3.05, 3.63) is 41.6 Å². The van der Waals surface area contributed by atoms with E-state index in [4.69, 9.17) is 9.57 Å². The van der Waals surface area contributed by atoms with Crippen molar-refractivity contribution in [1.82, 2.24) is 10.0 Å². The van der Waals surface area contributed by atoms with Crippen molar-refractivity contribution in [3.8, 4) is 0 Å². The number of carbonyl (C=O) groups is 1. The molecule has 27 heavy (non-hydrogen) atoms. The monoisotopic (exact) mass is 368 g/mol. The second-order valence-corrected chi connectivity index (χ2v) is 7.81. The predicted molar refractivity (Wildman–Crippen MR) is 102 cm³/mol. The van der Waals surface area contributed by atoms with Gasteiger partial charge in [0.05, 0.1) is 12.6 Å². The maximum absolute atomic E-state index is 13.0. The summed E-state index contributed by atoms with van der Waals surface area (Å²) >= 11 is 0. The highest BCUT2D eigenvalue weighted by Gasteiger charge is 2.36. The van der Waals surface area contributed by atoms with Crippen LogP contribution in [0.4, 0.5) is 0 Å². The van der Waals surface area contributed by atoms with Gasteiger partial charge >= 0.3 is 0 Å². The Morgan fingerprint density at radius 3 is 3.04 bits per heavy atom. The van der Waals surface area contributed by atoms with E-state index >= 15 is 0 Å². The first-order valence-corrected chi connectivity index (χ1v) is 9.87. The number of benzene rings is 1. The standard InChI is InChI=1S/C21H25N3O3/c1-24(27-15-5-7-26-8-6-15)21(25)14-9-17-16-3-2-4-18-20(16)13(11-22-18)10-19(17)23-12-14/h2-4,9,11,14-15,19,22-23H,5-8,10,12H2,1H3/p+1/t14-,19-/m1/s1. The number of nitrogens with one attached hydrogen (secondary N) is 1. The fourth-order valence-electron chi connectivity index (χ4n) is 4.69. The molecule has 0 unspecified atom stereocenters. The molecular weight excluding hydrogens is 342 g/mol. The lowest BCUT2D eigenvalue weighted by atomic mass is 9.80. The Bertz CT molecular complexity index is 897. The van der Waals surface area contributed by atoms with Gasteiger partial charge in [0.1, 0.15) is 12.0 Å². The van der Waals surface area contributed by atoms with Crippen LogP contribution in [0.1, 0.15) is 24.0 Å². The number of hydrogen-bond acceptors (Lipinski definition) is 3. The minimum atomic E-state index is -0.156. The van der Waals surface area contributed by atoms with Crippen LogP contribution in [0.3, 0.4) is 0 Å². The Morgan fingerprint density at radius 2 is 2.19 bits per heavy atom. The van der Waals surface area contributed by atoms with Gasteiger partial charge in [0.25, 0.3) is 5.91 Å². The molecule has 1 aromatic carbocycles. The van der Waals surface area contributed by atoms with E-state index in [1.807, 2.05) is 0 Å². The predicted octanol–water partition coefficient (Wildman–Crippen LogP) is 1.24. The summed E-state index contributed by atoms with van der Waals surface area (Å²) in [6, 6.07) is 6.78. The molecule has 1 amide bonds. The lowest BCUT2D eigenvalue weighted by molar-refractivity contribution is -0.681. The number of rotatable bonds is 3. The number of carbonyl (C=O) groups excluding carboxylic acids is 1. The van der Waals surface area contributed by atoms with Gasteiger partial charge in [0.2, 0.25) is 0 Å². The summed E-state index contributed by atoms with van der Waals surface area (Å²) in [5.41, 5.74) is 5.11. The first-order valence-electron chi connectivity index (χ1n) is 9.87. The van der Waals surface area contributed by atoms with Gasteiger partial charge in [-0.1, -0.05) is 18.2 Å². The number of ether oxygens (including phenoxy) is 1. The molecule has 1 aliphatic carbocycles. The largest absolute Gasteiger partial charge is 0.381 e. The van der Waals surface area contributed by atoms with Crippen LogP contribution in [0, 0.1) is 5.92 Å². The third-order valence-electron chi connectivity index (χ3n) is 6.10. The van der Waals surface area contributed by atoms with Crippen LogP contribution in [0.25, 0.3) is 16.5 Å². The fourth-order valence-corrected chi connectivity index (χ4v) is 4.69. The number of amides is 1. The Hall–Kier alpha value is -2.15. The van der Waals surface area contributed by atoms with Crippen molar-refractivity contribution in [3.63, 3.8) is 0 Å². The van der Waals surface area contributed by atoms with Crippen molar-refractivity contribution < 1.29 is 19.7 Å². The highest BCUT2D eigenvalue weighted by Crippen LogP contribution is 2.36. The number of hydroxylamine groups is 2. The lowest BCUT2D eigenvalue weighted by Crippen LogP contribution is -2.93. The van der Waals surface area contributed by atoms with Crippen LogP contribution < -0.4 is 5.32 Å². The Morgan fingerprint density at radius 1 is 1.33 bits per heavy atom. The first kappa shape index (κ1) is 17.0. The molecule has 5 rings (SSSR count). The summed E-state index contributed by atoms with van der Waals surface area (Å²) in [4.78, 5) is 22.3. The Balaban J connectivity index is 1.39. The number of aromatic nitrogens is 1. The third-order valence-corrected chi connectivity index (χ3v) is 6.10. The smallest absolute Gasteiger partial charge is 0.258 e. The van der Waals surface area contributed by atoms with Gasteiger partial charge in [-0.2, -0.15) is 0 Å². The van der Waals surface area contributed by atoms with Crippen molar-refractivity contribution >= 4 is 22.4 Å². The summed E-state index contributed by atoms with van der Waals surface area (Å²) in [6.07, 6.45) is 7.09. The normalized spacial score (nSPS) is 25.1. The average molecular weight is 368 g/mol. The van der Waals surface area contributed by atoms with Crippen LogP contribution in [-0.2, 0) is 20.8 Å². The number of nitrogens with two attached hydrogens (primary N) is 1. The van der Waals surface area contributed by atoms with Crippen LogP contribution in [0.5, 0.6) is 0 Å². The van der Waals surface area contributed by atoms with Gasteiger partial charge in [-0.05, 0) is 30.0 Å². The molecule has 2 aromatic rings. The molecule has 1 aromatic heterocycles. The van der Waals surface area contributed by atoms with E-state index in [1.165, 1.54) is 32.7 Å². The van der Waals surface area contributed by atoms with Crippen LogP contribution in [-0.4, -0.2) is 54.9 Å². The molecular formula is C21H26N3O3+. The molecule has 6 nitrogen and oxygen atoms in total. The maximum atomic E-state index is 13.0. The molecule has 142 valence electrons. The first-order chi connectivity index (χ1) is 13.2. The molecule has 0 saturated carbocycles. The molecule has 3 aliphatic rings. The van der Waals surface area contributed by atoms with Gasteiger partial charge in [-0.15, -0.1) is 0 Å². The van der Waals surface area contributed by atoms with Gasteiger partial charge in [0.15, 0.2) is 0 Å². The highest BCUT2D eigenvalue weighted by molar-refractivity contribution is 5.98. The second kappa shape index (κ2) is 6.78. The summed E-state index contributed by atoms with van der Waals surface area (Å²) < 4.78 is 5.37. The number of hydrogen-bond donors (Lipinski definition) is 2. The van der Waals surface area contributed by atoms with E-state index in [0.717, 1.165) is 25.8 Å². The number of aromatic amines is 1. The van der Waals surface area contributed by atoms with Crippen LogP contribution in [0.2, 0.25) is 0 Å². The molecule has 3 heterocycles. The fraction of sp³-hybridized carbons (Fsp3) is 0.476. The third kappa shape index (κ3) is 2.98. The number of fused-ring (bicyclic) bond motifs is 2. The summed E-state index contributed by atoms with van der Waals surface area (Å²) in [6.45, 7) is 2.18. The van der Waals surface area contributed by atoms with E-state index in [-0.39, 0.29) is 17.9 Å². The zero-order valence-corrected chi connectivity index (χ0v) is 15.6. The number of quaternary nitrogens is 1. The van der Waals surface area contributed by atoms with Gasteiger partial charge in [-0.25, -0.2) is 5.06 Å². The van der Waals surface area contributed by atoms with E-state index in [2.05, 4.69) is 40.8 Å². The second-order valence-electron chi connectivity index (χ2n) is 7.81.